The highest BCUT2D eigenvalue weighted by atomic mass is 35.5. The lowest BCUT2D eigenvalue weighted by Gasteiger charge is -2.36. The zero-order chi connectivity index (χ0) is 23.2. The average Bonchev–Trinajstić information content (AvgIpc) is 3.13. The second-order valence-electron chi connectivity index (χ2n) is 5.53. The van der Waals surface area contributed by atoms with Crippen LogP contribution in [0.1, 0.15) is 5.69 Å². The van der Waals surface area contributed by atoms with Crippen molar-refractivity contribution >= 4 is 79.5 Å². The SMILES string of the molecule is CON=C(C(=O)N[C@@H]1C(=O)N[C@H]1SCC(=O)NS(=O)(=O)O)c1csc(NC(=O)CCl)n1. The summed E-state index contributed by atoms with van der Waals surface area (Å²) in [6.07, 6.45) is 0. The summed E-state index contributed by atoms with van der Waals surface area (Å²) in [4.78, 5) is 55.9. The lowest BCUT2D eigenvalue weighted by Crippen LogP contribution is -2.68. The number of hydrogen-bond acceptors (Lipinski definition) is 11. The monoisotopic (exact) mass is 514 g/mol. The van der Waals surface area contributed by atoms with E-state index in [4.69, 9.17) is 16.2 Å². The summed E-state index contributed by atoms with van der Waals surface area (Å²) in [6.45, 7) is 0. The number of hydrogen-bond donors (Lipinski definition) is 5. The Morgan fingerprint density at radius 3 is 2.71 bits per heavy atom. The first-order chi connectivity index (χ1) is 14.5. The first kappa shape index (κ1) is 24.8. The van der Waals surface area contributed by atoms with Crippen LogP contribution in [0, 0.1) is 0 Å². The number of carbonyl (C=O) groups excluding carboxylic acids is 4. The zero-order valence-electron chi connectivity index (χ0n) is 15.4. The van der Waals surface area contributed by atoms with Crippen molar-refractivity contribution in [3.8, 4) is 0 Å². The minimum absolute atomic E-state index is 0.0608. The van der Waals surface area contributed by atoms with Crippen LogP contribution in [-0.4, -0.2) is 77.5 Å². The molecule has 2 rings (SSSR count). The number of β-lactam (4-membered cyclic amide) rings is 1. The van der Waals surface area contributed by atoms with E-state index in [1.807, 2.05) is 0 Å². The highest BCUT2D eigenvalue weighted by molar-refractivity contribution is 8.00. The van der Waals surface area contributed by atoms with Gasteiger partial charge in [0.1, 0.15) is 30.1 Å². The Morgan fingerprint density at radius 1 is 1.42 bits per heavy atom. The number of nitrogens with one attached hydrogen (secondary N) is 4. The summed E-state index contributed by atoms with van der Waals surface area (Å²) >= 11 is 7.23. The van der Waals surface area contributed by atoms with Crippen LogP contribution >= 0.6 is 34.7 Å². The molecule has 0 bridgehead atoms. The molecular formula is C13H15ClN6O8S3. The van der Waals surface area contributed by atoms with Crippen molar-refractivity contribution in [1.29, 1.82) is 0 Å². The predicted octanol–water partition coefficient (Wildman–Crippen LogP) is -1.74. The van der Waals surface area contributed by atoms with Gasteiger partial charge in [-0.15, -0.1) is 34.7 Å². The maximum absolute atomic E-state index is 12.6. The molecule has 0 aliphatic carbocycles. The Hall–Kier alpha value is -2.47. The van der Waals surface area contributed by atoms with Crippen LogP contribution in [0.25, 0.3) is 0 Å². The van der Waals surface area contributed by atoms with Gasteiger partial charge in [0, 0.05) is 5.38 Å². The molecule has 1 aliphatic heterocycles. The van der Waals surface area contributed by atoms with Gasteiger partial charge in [0.15, 0.2) is 10.8 Å². The van der Waals surface area contributed by atoms with Crippen molar-refractivity contribution in [3.05, 3.63) is 11.1 Å². The summed E-state index contributed by atoms with van der Waals surface area (Å²) in [5.74, 6) is -3.60. The van der Waals surface area contributed by atoms with Gasteiger partial charge >= 0.3 is 10.3 Å². The maximum atomic E-state index is 12.6. The molecule has 0 radical (unpaired) electrons. The second kappa shape index (κ2) is 10.7. The molecular weight excluding hydrogens is 500 g/mol. The Morgan fingerprint density at radius 2 is 2.13 bits per heavy atom. The van der Waals surface area contributed by atoms with E-state index in [1.165, 1.54) is 17.2 Å². The van der Waals surface area contributed by atoms with Crippen molar-refractivity contribution < 1.29 is 37.0 Å². The molecule has 0 spiro atoms. The van der Waals surface area contributed by atoms with Gasteiger partial charge < -0.3 is 20.8 Å². The van der Waals surface area contributed by atoms with Crippen molar-refractivity contribution in [2.75, 3.05) is 24.1 Å². The number of aromatic nitrogens is 1. The highest BCUT2D eigenvalue weighted by Gasteiger charge is 2.42. The van der Waals surface area contributed by atoms with Crippen LogP contribution < -0.4 is 20.7 Å². The number of nitrogens with zero attached hydrogens (tertiary/aromatic N) is 2. The Bertz CT molecular complexity index is 1010. The third kappa shape index (κ3) is 7.31. The number of rotatable bonds is 10. The van der Waals surface area contributed by atoms with Crippen molar-refractivity contribution in [2.45, 2.75) is 11.4 Å². The molecule has 2 heterocycles. The van der Waals surface area contributed by atoms with E-state index >= 15 is 0 Å². The Labute approximate surface area is 188 Å². The van der Waals surface area contributed by atoms with Gasteiger partial charge in [-0.3, -0.25) is 23.7 Å². The molecule has 0 saturated carbocycles. The highest BCUT2D eigenvalue weighted by Crippen LogP contribution is 2.21. The van der Waals surface area contributed by atoms with E-state index in [0.29, 0.717) is 0 Å². The molecule has 31 heavy (non-hydrogen) atoms. The normalized spacial score (nSPS) is 18.4. The lowest BCUT2D eigenvalue weighted by atomic mass is 10.1. The summed E-state index contributed by atoms with van der Waals surface area (Å²) in [6, 6.07) is -1.06. The maximum Gasteiger partial charge on any atom is 0.359 e. The molecule has 170 valence electrons. The third-order valence-corrected chi connectivity index (χ3v) is 5.97. The smallest absolute Gasteiger partial charge is 0.359 e. The zero-order valence-corrected chi connectivity index (χ0v) is 18.7. The van der Waals surface area contributed by atoms with Crippen molar-refractivity contribution in [1.82, 2.24) is 20.3 Å². The minimum atomic E-state index is -4.70. The average molecular weight is 515 g/mol. The number of oxime groups is 1. The summed E-state index contributed by atoms with van der Waals surface area (Å²) in [5.41, 5.74) is -0.219. The molecule has 1 aromatic rings. The quantitative estimate of drug-likeness (QED) is 0.0783. The van der Waals surface area contributed by atoms with E-state index in [1.54, 1.807) is 0 Å². The van der Waals surface area contributed by atoms with Crippen LogP contribution in [0.3, 0.4) is 0 Å². The van der Waals surface area contributed by atoms with Crippen molar-refractivity contribution in [2.24, 2.45) is 5.16 Å². The molecule has 0 aromatic carbocycles. The second-order valence-corrected chi connectivity index (χ2v) is 8.94. The van der Waals surface area contributed by atoms with Crippen LogP contribution in [0.15, 0.2) is 10.5 Å². The van der Waals surface area contributed by atoms with Gasteiger partial charge in [-0.25, -0.2) is 9.71 Å². The van der Waals surface area contributed by atoms with Gasteiger partial charge in [0.25, 0.3) is 5.91 Å². The summed E-state index contributed by atoms with van der Waals surface area (Å²) in [5, 5.41) is 11.7. The van der Waals surface area contributed by atoms with Gasteiger partial charge in [0.2, 0.25) is 17.7 Å². The standard InChI is InChI=1S/C13H15ClN6O8S3/c1-28-19-8(5-3-30-13(15-5)16-6(21)2-14)10(23)17-9-11(24)18-12(9)29-4-7(22)20-31(25,26)27/h3,9,12H,2,4H2,1H3,(H,17,23)(H,18,24)(H,20,22)(H,15,16,21)(H,25,26,27)/t9-,12+/m1/s1. The van der Waals surface area contributed by atoms with Crippen LogP contribution in [0.2, 0.25) is 0 Å². The fraction of sp³-hybridized carbons (Fsp3) is 0.385. The summed E-state index contributed by atoms with van der Waals surface area (Å²) < 4.78 is 31.1. The third-order valence-electron chi connectivity index (χ3n) is 3.31. The Balaban J connectivity index is 2.01. The van der Waals surface area contributed by atoms with Crippen molar-refractivity contribution in [3.63, 3.8) is 0 Å². The first-order valence-electron chi connectivity index (χ1n) is 7.97. The fourth-order valence-corrected chi connectivity index (χ4v) is 4.29. The van der Waals surface area contributed by atoms with Gasteiger partial charge in [0.05, 0.1) is 5.75 Å². The minimum Gasteiger partial charge on any atom is -0.398 e. The molecule has 5 N–H and O–H groups in total. The van der Waals surface area contributed by atoms with Crippen LogP contribution in [0.5, 0.6) is 0 Å². The van der Waals surface area contributed by atoms with Gasteiger partial charge in [-0.05, 0) is 0 Å². The van der Waals surface area contributed by atoms with E-state index in [-0.39, 0.29) is 22.4 Å². The van der Waals surface area contributed by atoms with Crippen LogP contribution in [0.4, 0.5) is 5.13 Å². The number of carbonyl (C=O) groups is 4. The molecule has 14 nitrogen and oxygen atoms in total. The van der Waals surface area contributed by atoms with Gasteiger partial charge in [-0.1, -0.05) is 5.16 Å². The number of amides is 4. The molecule has 2 atom stereocenters. The fourth-order valence-electron chi connectivity index (χ4n) is 2.07. The van der Waals surface area contributed by atoms with Crippen LogP contribution in [-0.2, 0) is 34.3 Å². The predicted molar refractivity (Wildman–Crippen MR) is 111 cm³/mol. The molecule has 1 aliphatic rings. The molecule has 1 fully saturated rings. The number of halogens is 1. The van der Waals surface area contributed by atoms with Gasteiger partial charge in [-0.2, -0.15) is 8.42 Å². The first-order valence-corrected chi connectivity index (χ1v) is 11.9. The van der Waals surface area contributed by atoms with E-state index < -0.39 is 51.1 Å². The molecule has 18 heteroatoms. The summed E-state index contributed by atoms with van der Waals surface area (Å²) in [7, 11) is -3.51. The number of thioether (sulfide) groups is 1. The lowest BCUT2D eigenvalue weighted by molar-refractivity contribution is -0.132. The molecule has 1 aromatic heterocycles. The molecule has 0 unspecified atom stereocenters. The number of thiazole rings is 1. The molecule has 1 saturated heterocycles. The van der Waals surface area contributed by atoms with E-state index in [0.717, 1.165) is 23.1 Å². The topological polar surface area (TPSA) is 205 Å². The number of anilines is 1. The van der Waals surface area contributed by atoms with E-state index in [2.05, 4.69) is 30.9 Å². The van der Waals surface area contributed by atoms with E-state index in [9.17, 15) is 27.6 Å². The molecule has 4 amide bonds. The number of alkyl halides is 1. The largest absolute Gasteiger partial charge is 0.398 e. The Kier molecular flexibility index (Phi) is 8.57.